The maximum Gasteiger partial charge on any atom is 0.417 e. The molecule has 0 saturated heterocycles. The summed E-state index contributed by atoms with van der Waals surface area (Å²) in [6.07, 6.45) is -4.56. The molecule has 0 aliphatic heterocycles. The third kappa shape index (κ3) is 2.06. The van der Waals surface area contributed by atoms with Gasteiger partial charge in [0.15, 0.2) is 0 Å². The molecule has 14 heavy (non-hydrogen) atoms. The van der Waals surface area contributed by atoms with E-state index in [2.05, 4.69) is 0 Å². The summed E-state index contributed by atoms with van der Waals surface area (Å²) in [6, 6.07) is 4.56. The van der Waals surface area contributed by atoms with Gasteiger partial charge in [-0.1, -0.05) is 17.6 Å². The summed E-state index contributed by atoms with van der Waals surface area (Å²) in [5.41, 5.74) is -1.31. The highest BCUT2D eigenvalue weighted by atomic mass is 19.4. The molecule has 0 radical (unpaired) electrons. The molecule has 0 amide bonds. The van der Waals surface area contributed by atoms with Gasteiger partial charge >= 0.3 is 13.7 Å². The Balaban J connectivity index is 3.31. The molecule has 0 atom stereocenters. The molecule has 6 heteroatoms. The van der Waals surface area contributed by atoms with E-state index < -0.39 is 24.8 Å². The molecule has 0 bridgehead atoms. The molecule has 0 saturated carbocycles. The molecule has 1 rings (SSSR count). The van der Waals surface area contributed by atoms with Gasteiger partial charge in [0, 0.05) is 0 Å². The molecule has 72 valence electrons. The lowest BCUT2D eigenvalue weighted by Crippen LogP contribution is -2.18. The van der Waals surface area contributed by atoms with Crippen molar-refractivity contribution in [1.29, 1.82) is 5.26 Å². The van der Waals surface area contributed by atoms with E-state index >= 15 is 0 Å². The Morgan fingerprint density at radius 3 is 2.43 bits per heavy atom. The maximum absolute atomic E-state index is 12.3. The highest BCUT2D eigenvalue weighted by Gasteiger charge is 2.33. The van der Waals surface area contributed by atoms with Crippen molar-refractivity contribution in [3.8, 4) is 6.07 Å². The topological polar surface area (TPSA) is 44.0 Å². The largest absolute Gasteiger partial charge is 0.449 e. The van der Waals surface area contributed by atoms with Gasteiger partial charge in [-0.2, -0.15) is 18.4 Å². The van der Waals surface area contributed by atoms with Crippen molar-refractivity contribution in [3.63, 3.8) is 0 Å². The third-order valence-corrected chi connectivity index (χ3v) is 1.69. The first-order valence-electron chi connectivity index (χ1n) is 3.70. The number of alkyl halides is 3. The number of nitriles is 1. The average Bonchev–Trinajstić information content (AvgIpc) is 2.15. The number of hydrogen-bond donors (Lipinski definition) is 1. The summed E-state index contributed by atoms with van der Waals surface area (Å²) >= 11 is 0. The van der Waals surface area contributed by atoms with Crippen molar-refractivity contribution in [2.45, 2.75) is 6.18 Å². The van der Waals surface area contributed by atoms with Gasteiger partial charge in [-0.15, -0.1) is 0 Å². The van der Waals surface area contributed by atoms with E-state index in [4.69, 9.17) is 10.3 Å². The van der Waals surface area contributed by atoms with Crippen LogP contribution in [0.15, 0.2) is 18.2 Å². The van der Waals surface area contributed by atoms with E-state index in [1.807, 2.05) is 0 Å². The summed E-state index contributed by atoms with van der Waals surface area (Å²) in [6.45, 7) is 0. The van der Waals surface area contributed by atoms with Crippen molar-refractivity contribution in [2.75, 3.05) is 0 Å². The molecule has 0 unspecified atom stereocenters. The number of nitrogens with zero attached hydrogens (tertiary/aromatic N) is 1. The Kier molecular flexibility index (Phi) is 2.82. The summed E-state index contributed by atoms with van der Waals surface area (Å²) in [7, 11) is -0.477. The highest BCUT2D eigenvalue weighted by molar-refractivity contribution is 6.45. The smallest absolute Gasteiger partial charge is 0.417 e. The van der Waals surface area contributed by atoms with E-state index in [1.54, 1.807) is 0 Å². The first kappa shape index (κ1) is 10.6. The van der Waals surface area contributed by atoms with Gasteiger partial charge in [0.05, 0.1) is 17.2 Å². The Labute approximate surface area is 78.9 Å². The molecule has 0 fully saturated rings. The van der Waals surface area contributed by atoms with Crippen molar-refractivity contribution < 1.29 is 18.2 Å². The van der Waals surface area contributed by atoms with E-state index in [-0.39, 0.29) is 5.46 Å². The fourth-order valence-electron chi connectivity index (χ4n) is 1.02. The molecule has 0 spiro atoms. The zero-order valence-electron chi connectivity index (χ0n) is 6.97. The number of hydrogen-bond acceptors (Lipinski definition) is 2. The molecule has 0 heterocycles. The molecular weight excluding hydrogens is 194 g/mol. The van der Waals surface area contributed by atoms with Gasteiger partial charge in [0.25, 0.3) is 0 Å². The van der Waals surface area contributed by atoms with Crippen LogP contribution in [-0.2, 0) is 6.18 Å². The predicted octanol–water partition coefficient (Wildman–Crippen LogP) is 0.546. The van der Waals surface area contributed by atoms with Crippen LogP contribution in [0, 0.1) is 11.3 Å². The zero-order chi connectivity index (χ0) is 10.8. The lowest BCUT2D eigenvalue weighted by atomic mass is 9.86. The molecule has 0 aromatic heterocycles. The number of rotatable bonds is 1. The first-order chi connectivity index (χ1) is 6.49. The van der Waals surface area contributed by atoms with Gasteiger partial charge in [0.2, 0.25) is 0 Å². The van der Waals surface area contributed by atoms with Crippen LogP contribution >= 0.6 is 0 Å². The van der Waals surface area contributed by atoms with Gasteiger partial charge < -0.3 is 5.02 Å². The molecule has 0 aliphatic carbocycles. The van der Waals surface area contributed by atoms with Crippen LogP contribution in [0.4, 0.5) is 13.2 Å². The van der Waals surface area contributed by atoms with Gasteiger partial charge in [-0.05, 0) is 6.07 Å². The summed E-state index contributed by atoms with van der Waals surface area (Å²) in [4.78, 5) is 0. The van der Waals surface area contributed by atoms with E-state index in [9.17, 15) is 13.2 Å². The summed E-state index contributed by atoms with van der Waals surface area (Å²) in [5.74, 6) is 0. The van der Waals surface area contributed by atoms with Crippen LogP contribution < -0.4 is 5.46 Å². The molecule has 1 N–H and O–H groups in total. The monoisotopic (exact) mass is 199 g/mol. The maximum atomic E-state index is 12.3. The van der Waals surface area contributed by atoms with Crippen LogP contribution in [0.25, 0.3) is 0 Å². The lowest BCUT2D eigenvalue weighted by Gasteiger charge is -2.09. The third-order valence-electron chi connectivity index (χ3n) is 1.69. The van der Waals surface area contributed by atoms with Crippen LogP contribution in [0.5, 0.6) is 0 Å². The quantitative estimate of drug-likeness (QED) is 0.671. The number of benzene rings is 1. The van der Waals surface area contributed by atoms with Crippen molar-refractivity contribution in [2.24, 2.45) is 0 Å². The van der Waals surface area contributed by atoms with Crippen LogP contribution in [0.2, 0.25) is 0 Å². The normalized spacial score (nSPS) is 10.8. The van der Waals surface area contributed by atoms with Gasteiger partial charge in [0.1, 0.15) is 0 Å². The van der Waals surface area contributed by atoms with Crippen LogP contribution in [0.3, 0.4) is 0 Å². The minimum Gasteiger partial charge on any atom is -0.449 e. The summed E-state index contributed by atoms with van der Waals surface area (Å²) < 4.78 is 37.0. The second-order valence-corrected chi connectivity index (χ2v) is 2.65. The highest BCUT2D eigenvalue weighted by Crippen LogP contribution is 2.30. The van der Waals surface area contributed by atoms with E-state index in [0.717, 1.165) is 12.1 Å². The van der Waals surface area contributed by atoms with Crippen LogP contribution in [-0.4, -0.2) is 12.5 Å². The van der Waals surface area contributed by atoms with Crippen molar-refractivity contribution in [3.05, 3.63) is 29.3 Å². The minimum atomic E-state index is -4.56. The Bertz CT molecular complexity index is 383. The zero-order valence-corrected chi connectivity index (χ0v) is 6.97. The second kappa shape index (κ2) is 3.72. The average molecular weight is 199 g/mol. The fourth-order valence-corrected chi connectivity index (χ4v) is 1.02. The van der Waals surface area contributed by atoms with E-state index in [1.165, 1.54) is 12.1 Å². The molecule has 1 aromatic rings. The SMILES string of the molecule is N#Cc1ccc(BO)cc1C(F)(F)F. The van der Waals surface area contributed by atoms with Gasteiger partial charge in [-0.3, -0.25) is 0 Å². The molecule has 2 nitrogen and oxygen atoms in total. The second-order valence-electron chi connectivity index (χ2n) is 2.65. The van der Waals surface area contributed by atoms with Crippen molar-refractivity contribution in [1.82, 2.24) is 0 Å². The first-order valence-corrected chi connectivity index (χ1v) is 3.70. The molecule has 0 aliphatic rings. The Morgan fingerprint density at radius 2 is 2.00 bits per heavy atom. The fraction of sp³-hybridized carbons (Fsp3) is 0.125. The Morgan fingerprint density at radius 1 is 1.36 bits per heavy atom. The number of halogens is 3. The minimum absolute atomic E-state index is 0.135. The van der Waals surface area contributed by atoms with E-state index in [0.29, 0.717) is 0 Å². The van der Waals surface area contributed by atoms with Gasteiger partial charge in [-0.25, -0.2) is 0 Å². The molecular formula is C8H5BF3NO. The summed E-state index contributed by atoms with van der Waals surface area (Å²) in [5, 5.41) is 17.1. The lowest BCUT2D eigenvalue weighted by molar-refractivity contribution is -0.137. The molecule has 1 aromatic carbocycles. The predicted molar refractivity (Wildman–Crippen MR) is 45.2 cm³/mol. The van der Waals surface area contributed by atoms with Crippen LogP contribution in [0.1, 0.15) is 11.1 Å². The van der Waals surface area contributed by atoms with Crippen molar-refractivity contribution >= 4 is 12.9 Å². The Hall–Kier alpha value is -1.48. The standard InChI is InChI=1S/C8H5BF3NO/c10-8(11,12)7-3-6(9-14)2-1-5(7)4-13/h1-3,9,14H.